The third-order valence-corrected chi connectivity index (χ3v) is 4.27. The van der Waals surface area contributed by atoms with Crippen molar-refractivity contribution in [2.45, 2.75) is 44.5 Å². The van der Waals surface area contributed by atoms with E-state index in [0.29, 0.717) is 5.88 Å². The monoisotopic (exact) mass is 293 g/mol. The number of ether oxygens (including phenoxy) is 1. The summed E-state index contributed by atoms with van der Waals surface area (Å²) in [5.41, 5.74) is 1.78. The molecule has 0 spiro atoms. The zero-order valence-electron chi connectivity index (χ0n) is 12.0. The van der Waals surface area contributed by atoms with Crippen LogP contribution < -0.4 is 4.74 Å². The molecule has 20 heavy (non-hydrogen) atoms. The average molecular weight is 294 g/mol. The number of halogens is 1. The first kappa shape index (κ1) is 13.7. The van der Waals surface area contributed by atoms with Crippen LogP contribution in [-0.4, -0.2) is 21.6 Å². The molecular formula is C15H20ClN3O. The largest absolute Gasteiger partial charge is 0.481 e. The molecule has 2 aromatic rings. The smallest absolute Gasteiger partial charge is 0.215 e. The third kappa shape index (κ3) is 2.49. The van der Waals surface area contributed by atoms with Gasteiger partial charge < -0.3 is 9.30 Å². The number of methoxy groups -OCH3 is 1. The van der Waals surface area contributed by atoms with Crippen molar-refractivity contribution in [3.63, 3.8) is 0 Å². The van der Waals surface area contributed by atoms with Crippen molar-refractivity contribution >= 4 is 22.8 Å². The zero-order valence-corrected chi connectivity index (χ0v) is 12.7. The maximum Gasteiger partial charge on any atom is 0.215 e. The number of alkyl halides is 1. The molecule has 1 atom stereocenters. The molecule has 0 radical (unpaired) electrons. The van der Waals surface area contributed by atoms with Crippen LogP contribution in [0.3, 0.4) is 0 Å². The summed E-state index contributed by atoms with van der Waals surface area (Å²) in [4.78, 5) is 9.20. The van der Waals surface area contributed by atoms with Gasteiger partial charge in [-0.25, -0.2) is 4.98 Å². The minimum absolute atomic E-state index is 0.114. The molecule has 2 heterocycles. The van der Waals surface area contributed by atoms with E-state index in [1.807, 2.05) is 19.1 Å². The molecule has 0 aromatic carbocycles. The van der Waals surface area contributed by atoms with Gasteiger partial charge in [0.15, 0.2) is 5.65 Å². The minimum atomic E-state index is -0.114. The second-order valence-corrected chi connectivity index (χ2v) is 6.20. The van der Waals surface area contributed by atoms with Crippen LogP contribution >= 0.6 is 11.6 Å². The molecular weight excluding hydrogens is 274 g/mol. The normalized spacial score (nSPS) is 17.8. The molecule has 0 aliphatic heterocycles. The predicted molar refractivity (Wildman–Crippen MR) is 80.3 cm³/mol. The number of hydrogen-bond donors (Lipinski definition) is 0. The van der Waals surface area contributed by atoms with Gasteiger partial charge in [0.05, 0.1) is 12.5 Å². The maximum absolute atomic E-state index is 6.30. The Morgan fingerprint density at radius 3 is 2.75 bits per heavy atom. The molecule has 5 heteroatoms. The van der Waals surface area contributed by atoms with Gasteiger partial charge in [-0.2, -0.15) is 4.98 Å². The molecule has 4 nitrogen and oxygen atoms in total. The summed E-state index contributed by atoms with van der Waals surface area (Å²) < 4.78 is 7.42. The maximum atomic E-state index is 6.30. The number of aromatic nitrogens is 3. The first-order valence-corrected chi connectivity index (χ1v) is 7.68. The SMILES string of the molecule is COc1ccc2nc(C(C)Cl)n(CC3CCCC3)c2n1. The first-order valence-electron chi connectivity index (χ1n) is 7.24. The molecule has 1 saturated carbocycles. The van der Waals surface area contributed by atoms with E-state index in [0.717, 1.165) is 29.5 Å². The van der Waals surface area contributed by atoms with E-state index >= 15 is 0 Å². The fourth-order valence-electron chi connectivity index (χ4n) is 3.05. The van der Waals surface area contributed by atoms with Crippen molar-refractivity contribution < 1.29 is 4.74 Å². The summed E-state index contributed by atoms with van der Waals surface area (Å²) in [6.45, 7) is 2.92. The zero-order chi connectivity index (χ0) is 14.1. The number of rotatable bonds is 4. The Morgan fingerprint density at radius 2 is 2.10 bits per heavy atom. The van der Waals surface area contributed by atoms with Gasteiger partial charge in [-0.1, -0.05) is 12.8 Å². The molecule has 0 N–H and O–H groups in total. The van der Waals surface area contributed by atoms with Crippen LogP contribution in [0.2, 0.25) is 0 Å². The molecule has 0 amide bonds. The highest BCUT2D eigenvalue weighted by Crippen LogP contribution is 2.31. The van der Waals surface area contributed by atoms with Crippen LogP contribution in [0, 0.1) is 5.92 Å². The van der Waals surface area contributed by atoms with E-state index in [-0.39, 0.29) is 5.38 Å². The summed E-state index contributed by atoms with van der Waals surface area (Å²) in [5.74, 6) is 2.25. The highest BCUT2D eigenvalue weighted by Gasteiger charge is 2.21. The number of imidazole rings is 1. The van der Waals surface area contributed by atoms with Gasteiger partial charge >= 0.3 is 0 Å². The van der Waals surface area contributed by atoms with Crippen molar-refractivity contribution in [2.24, 2.45) is 5.92 Å². The van der Waals surface area contributed by atoms with E-state index < -0.39 is 0 Å². The minimum Gasteiger partial charge on any atom is -0.481 e. The van der Waals surface area contributed by atoms with Gasteiger partial charge in [-0.3, -0.25) is 0 Å². The first-order chi connectivity index (χ1) is 9.69. The Bertz CT molecular complexity index is 602. The van der Waals surface area contributed by atoms with Gasteiger partial charge in [0.25, 0.3) is 0 Å². The summed E-state index contributed by atoms with van der Waals surface area (Å²) in [7, 11) is 1.64. The van der Waals surface area contributed by atoms with Gasteiger partial charge in [-0.15, -0.1) is 11.6 Å². The van der Waals surface area contributed by atoms with Crippen LogP contribution in [0.4, 0.5) is 0 Å². The molecule has 1 unspecified atom stereocenters. The van der Waals surface area contributed by atoms with Crippen LogP contribution in [0.1, 0.15) is 43.8 Å². The predicted octanol–water partition coefficient (Wildman–Crippen LogP) is 3.93. The van der Waals surface area contributed by atoms with Gasteiger partial charge in [0.2, 0.25) is 5.88 Å². The number of pyridine rings is 1. The van der Waals surface area contributed by atoms with Crippen molar-refractivity contribution in [3.8, 4) is 5.88 Å². The fourth-order valence-corrected chi connectivity index (χ4v) is 3.22. The van der Waals surface area contributed by atoms with E-state index in [2.05, 4.69) is 14.5 Å². The van der Waals surface area contributed by atoms with Crippen LogP contribution in [0.15, 0.2) is 12.1 Å². The highest BCUT2D eigenvalue weighted by molar-refractivity contribution is 6.20. The lowest BCUT2D eigenvalue weighted by Gasteiger charge is -2.14. The van der Waals surface area contributed by atoms with Gasteiger partial charge in [0, 0.05) is 12.6 Å². The van der Waals surface area contributed by atoms with E-state index in [9.17, 15) is 0 Å². The van der Waals surface area contributed by atoms with E-state index in [1.54, 1.807) is 7.11 Å². The second kappa shape index (κ2) is 5.60. The molecule has 1 aliphatic carbocycles. The molecule has 1 aliphatic rings. The second-order valence-electron chi connectivity index (χ2n) is 5.54. The number of nitrogens with zero attached hydrogens (tertiary/aromatic N) is 3. The van der Waals surface area contributed by atoms with Crippen molar-refractivity contribution in [3.05, 3.63) is 18.0 Å². The molecule has 0 saturated heterocycles. The lowest BCUT2D eigenvalue weighted by atomic mass is 10.1. The standard InChI is InChI=1S/C15H20ClN3O/c1-10(16)14-17-12-7-8-13(20-2)18-15(12)19(14)9-11-5-3-4-6-11/h7-8,10-11H,3-6,9H2,1-2H3. The summed E-state index contributed by atoms with van der Waals surface area (Å²) in [5, 5.41) is -0.114. The number of fused-ring (bicyclic) bond motifs is 1. The van der Waals surface area contributed by atoms with Crippen LogP contribution in [-0.2, 0) is 6.54 Å². The van der Waals surface area contributed by atoms with Crippen molar-refractivity contribution in [2.75, 3.05) is 7.11 Å². The Labute approximate surface area is 124 Å². The molecule has 3 rings (SSSR count). The molecule has 2 aromatic heterocycles. The van der Waals surface area contributed by atoms with Crippen molar-refractivity contribution in [1.29, 1.82) is 0 Å². The topological polar surface area (TPSA) is 39.9 Å². The Morgan fingerprint density at radius 1 is 1.35 bits per heavy atom. The lowest BCUT2D eigenvalue weighted by Crippen LogP contribution is -2.11. The molecule has 0 bridgehead atoms. The lowest BCUT2D eigenvalue weighted by molar-refractivity contribution is 0.397. The number of hydrogen-bond acceptors (Lipinski definition) is 3. The molecule has 1 fully saturated rings. The fraction of sp³-hybridized carbons (Fsp3) is 0.600. The summed E-state index contributed by atoms with van der Waals surface area (Å²) in [6.07, 6.45) is 5.25. The average Bonchev–Trinajstić information content (AvgIpc) is 3.07. The molecule has 108 valence electrons. The van der Waals surface area contributed by atoms with E-state index in [1.165, 1.54) is 25.7 Å². The van der Waals surface area contributed by atoms with Crippen LogP contribution in [0.5, 0.6) is 5.88 Å². The Balaban J connectivity index is 2.06. The Kier molecular flexibility index (Phi) is 3.83. The Hall–Kier alpha value is -1.29. The van der Waals surface area contributed by atoms with Crippen molar-refractivity contribution in [1.82, 2.24) is 14.5 Å². The van der Waals surface area contributed by atoms with Gasteiger partial charge in [-0.05, 0) is 31.7 Å². The highest BCUT2D eigenvalue weighted by atomic mass is 35.5. The van der Waals surface area contributed by atoms with Crippen LogP contribution in [0.25, 0.3) is 11.2 Å². The quantitative estimate of drug-likeness (QED) is 0.802. The third-order valence-electron chi connectivity index (χ3n) is 4.08. The van der Waals surface area contributed by atoms with Gasteiger partial charge in [0.1, 0.15) is 11.3 Å². The summed E-state index contributed by atoms with van der Waals surface area (Å²) in [6, 6.07) is 3.80. The van der Waals surface area contributed by atoms with E-state index in [4.69, 9.17) is 16.3 Å². The summed E-state index contributed by atoms with van der Waals surface area (Å²) >= 11 is 6.30.